The summed E-state index contributed by atoms with van der Waals surface area (Å²) in [6, 6.07) is 0.456. The van der Waals surface area contributed by atoms with Crippen LogP contribution in [0.2, 0.25) is 0 Å². The van der Waals surface area contributed by atoms with Crippen molar-refractivity contribution in [3.8, 4) is 0 Å². The zero-order valence-corrected chi connectivity index (χ0v) is 10.3. The van der Waals surface area contributed by atoms with Gasteiger partial charge >= 0.3 is 0 Å². The van der Waals surface area contributed by atoms with Crippen molar-refractivity contribution in [2.45, 2.75) is 32.5 Å². The molecule has 0 spiro atoms. The van der Waals surface area contributed by atoms with E-state index in [0.29, 0.717) is 18.5 Å². The highest BCUT2D eigenvalue weighted by Gasteiger charge is 2.21. The van der Waals surface area contributed by atoms with E-state index in [1.807, 2.05) is 6.20 Å². The average Bonchev–Trinajstić information content (AvgIpc) is 2.97. The van der Waals surface area contributed by atoms with Crippen LogP contribution in [-0.2, 0) is 17.8 Å². The Morgan fingerprint density at radius 2 is 2.59 bits per heavy atom. The van der Waals surface area contributed by atoms with Crippen LogP contribution in [0.4, 0.5) is 0 Å². The second kappa shape index (κ2) is 6.09. The Bertz CT molecular complexity index is 334. The molecule has 1 aliphatic rings. The summed E-state index contributed by atoms with van der Waals surface area (Å²) in [6.45, 7) is 6.02. The van der Waals surface area contributed by atoms with Crippen LogP contribution in [-0.4, -0.2) is 40.8 Å². The maximum Gasteiger partial charge on any atom is 0.0964 e. The van der Waals surface area contributed by atoms with Gasteiger partial charge in [-0.15, -0.1) is 5.10 Å². The molecule has 0 amide bonds. The molecular formula is C11H21N5O. The summed E-state index contributed by atoms with van der Waals surface area (Å²) >= 11 is 0. The smallest absolute Gasteiger partial charge is 0.0964 e. The molecule has 3 N–H and O–H groups in total. The lowest BCUT2D eigenvalue weighted by molar-refractivity contribution is 0.178. The number of hydrogen-bond donors (Lipinski definition) is 2. The maximum atomic E-state index is 5.46. The minimum Gasteiger partial charge on any atom is -0.381 e. The van der Waals surface area contributed by atoms with Crippen LogP contribution in [0.15, 0.2) is 6.20 Å². The van der Waals surface area contributed by atoms with E-state index in [1.54, 1.807) is 4.68 Å². The summed E-state index contributed by atoms with van der Waals surface area (Å²) in [7, 11) is 0. The molecule has 6 heteroatoms. The summed E-state index contributed by atoms with van der Waals surface area (Å²) < 4.78 is 7.16. The van der Waals surface area contributed by atoms with Gasteiger partial charge in [0.25, 0.3) is 0 Å². The highest BCUT2D eigenvalue weighted by atomic mass is 16.5. The fourth-order valence-electron chi connectivity index (χ4n) is 2.04. The third-order valence-corrected chi connectivity index (χ3v) is 3.22. The normalized spacial score (nSPS) is 21.9. The van der Waals surface area contributed by atoms with Crippen LogP contribution in [0.1, 0.15) is 19.0 Å². The van der Waals surface area contributed by atoms with Gasteiger partial charge in [0.05, 0.1) is 18.8 Å². The predicted molar refractivity (Wildman–Crippen MR) is 64.3 cm³/mol. The Morgan fingerprint density at radius 1 is 1.71 bits per heavy atom. The van der Waals surface area contributed by atoms with Crippen molar-refractivity contribution in [2.75, 3.05) is 19.8 Å². The van der Waals surface area contributed by atoms with Gasteiger partial charge < -0.3 is 15.8 Å². The van der Waals surface area contributed by atoms with E-state index in [1.165, 1.54) is 0 Å². The van der Waals surface area contributed by atoms with Crippen molar-refractivity contribution < 1.29 is 4.74 Å². The first-order chi connectivity index (χ1) is 8.29. The van der Waals surface area contributed by atoms with Gasteiger partial charge in [-0.2, -0.15) is 0 Å². The van der Waals surface area contributed by atoms with Crippen molar-refractivity contribution >= 4 is 0 Å². The number of hydrogen-bond acceptors (Lipinski definition) is 5. The molecule has 2 heterocycles. The SMILES string of the molecule is CC(NCc1cn(CCN)nn1)C1CCOC1. The zero-order valence-electron chi connectivity index (χ0n) is 10.3. The quantitative estimate of drug-likeness (QED) is 0.716. The van der Waals surface area contributed by atoms with E-state index in [0.717, 1.165) is 38.4 Å². The Labute approximate surface area is 102 Å². The lowest BCUT2D eigenvalue weighted by Gasteiger charge is -2.18. The maximum absolute atomic E-state index is 5.46. The molecule has 1 aromatic heterocycles. The number of nitrogens with one attached hydrogen (secondary N) is 1. The van der Waals surface area contributed by atoms with Crippen molar-refractivity contribution in [3.05, 3.63) is 11.9 Å². The van der Waals surface area contributed by atoms with Crippen LogP contribution in [0, 0.1) is 5.92 Å². The number of rotatable bonds is 6. The monoisotopic (exact) mass is 239 g/mol. The predicted octanol–water partition coefficient (Wildman–Crippen LogP) is -0.249. The minimum absolute atomic E-state index is 0.456. The van der Waals surface area contributed by atoms with E-state index < -0.39 is 0 Å². The summed E-state index contributed by atoms with van der Waals surface area (Å²) in [5, 5.41) is 11.6. The van der Waals surface area contributed by atoms with E-state index in [9.17, 15) is 0 Å². The Morgan fingerprint density at radius 3 is 3.29 bits per heavy atom. The van der Waals surface area contributed by atoms with Gasteiger partial charge in [0.1, 0.15) is 0 Å². The summed E-state index contributed by atoms with van der Waals surface area (Å²) in [5.74, 6) is 0.620. The number of ether oxygens (including phenoxy) is 1. The molecule has 0 bridgehead atoms. The Balaban J connectivity index is 1.76. The van der Waals surface area contributed by atoms with E-state index >= 15 is 0 Å². The summed E-state index contributed by atoms with van der Waals surface area (Å²) in [5.41, 5.74) is 6.42. The molecule has 2 atom stereocenters. The number of aromatic nitrogens is 3. The molecule has 0 saturated carbocycles. The highest BCUT2D eigenvalue weighted by Crippen LogP contribution is 2.16. The first-order valence-corrected chi connectivity index (χ1v) is 6.20. The molecule has 1 saturated heterocycles. The van der Waals surface area contributed by atoms with E-state index in [2.05, 4.69) is 22.6 Å². The third-order valence-electron chi connectivity index (χ3n) is 3.22. The number of nitrogens with zero attached hydrogens (tertiary/aromatic N) is 3. The van der Waals surface area contributed by atoms with Crippen molar-refractivity contribution in [2.24, 2.45) is 11.7 Å². The van der Waals surface area contributed by atoms with E-state index in [4.69, 9.17) is 10.5 Å². The molecule has 1 aliphatic heterocycles. The lowest BCUT2D eigenvalue weighted by atomic mass is 10.0. The van der Waals surface area contributed by atoms with Crippen molar-refractivity contribution in [3.63, 3.8) is 0 Å². The molecule has 2 rings (SSSR count). The van der Waals surface area contributed by atoms with Crippen molar-refractivity contribution in [1.29, 1.82) is 0 Å². The van der Waals surface area contributed by atoms with Crippen LogP contribution >= 0.6 is 0 Å². The molecule has 1 aromatic rings. The molecular weight excluding hydrogens is 218 g/mol. The molecule has 2 unspecified atom stereocenters. The summed E-state index contributed by atoms with van der Waals surface area (Å²) in [6.07, 6.45) is 3.09. The lowest BCUT2D eigenvalue weighted by Crippen LogP contribution is -2.33. The molecule has 0 aromatic carbocycles. The summed E-state index contributed by atoms with van der Waals surface area (Å²) in [4.78, 5) is 0. The van der Waals surface area contributed by atoms with Gasteiger partial charge in [-0.1, -0.05) is 5.21 Å². The van der Waals surface area contributed by atoms with Crippen LogP contribution in [0.5, 0.6) is 0 Å². The standard InChI is InChI=1S/C11H21N5O/c1-9(10-2-5-17-8-10)13-6-11-7-16(4-3-12)15-14-11/h7,9-10,13H,2-6,8,12H2,1H3. The van der Waals surface area contributed by atoms with Crippen LogP contribution in [0.25, 0.3) is 0 Å². The largest absolute Gasteiger partial charge is 0.381 e. The topological polar surface area (TPSA) is 78.0 Å². The minimum atomic E-state index is 0.456. The molecule has 6 nitrogen and oxygen atoms in total. The van der Waals surface area contributed by atoms with Gasteiger partial charge in [-0.3, -0.25) is 4.68 Å². The molecule has 96 valence electrons. The second-order valence-corrected chi connectivity index (χ2v) is 4.55. The van der Waals surface area contributed by atoms with Crippen LogP contribution < -0.4 is 11.1 Å². The molecule has 0 radical (unpaired) electrons. The van der Waals surface area contributed by atoms with E-state index in [-0.39, 0.29) is 0 Å². The van der Waals surface area contributed by atoms with Gasteiger partial charge in [-0.05, 0) is 19.3 Å². The third kappa shape index (κ3) is 3.49. The Hall–Kier alpha value is -0.980. The zero-order chi connectivity index (χ0) is 12.1. The van der Waals surface area contributed by atoms with Crippen LogP contribution in [0.3, 0.4) is 0 Å². The fraction of sp³-hybridized carbons (Fsp3) is 0.818. The molecule has 0 aliphatic carbocycles. The average molecular weight is 239 g/mol. The first-order valence-electron chi connectivity index (χ1n) is 6.20. The van der Waals surface area contributed by atoms with Gasteiger partial charge in [0.2, 0.25) is 0 Å². The number of nitrogens with two attached hydrogens (primary N) is 1. The van der Waals surface area contributed by atoms with Gasteiger partial charge in [-0.25, -0.2) is 0 Å². The fourth-order valence-corrected chi connectivity index (χ4v) is 2.04. The van der Waals surface area contributed by atoms with Gasteiger partial charge in [0, 0.05) is 31.9 Å². The second-order valence-electron chi connectivity index (χ2n) is 4.55. The van der Waals surface area contributed by atoms with Crippen molar-refractivity contribution in [1.82, 2.24) is 20.3 Å². The van der Waals surface area contributed by atoms with Gasteiger partial charge in [0.15, 0.2) is 0 Å². The highest BCUT2D eigenvalue weighted by molar-refractivity contribution is 4.92. The molecule has 17 heavy (non-hydrogen) atoms. The first kappa shape index (κ1) is 12.5. The Kier molecular flexibility index (Phi) is 4.47. The molecule has 1 fully saturated rings.